The number of H-pyrrole nitrogens is 2. The summed E-state index contributed by atoms with van der Waals surface area (Å²) in [4.78, 5) is 30.7. The first kappa shape index (κ1) is 33.8. The fraction of sp³-hybridized carbons (Fsp3) is 0.419. The highest BCUT2D eigenvalue weighted by molar-refractivity contribution is 7.88. The number of fused-ring (bicyclic) bond motifs is 2. The van der Waals surface area contributed by atoms with E-state index in [4.69, 9.17) is 10.2 Å². The highest BCUT2D eigenvalue weighted by Gasteiger charge is 2.16. The molecule has 0 aliphatic rings. The Labute approximate surface area is 252 Å². The zero-order valence-electron chi connectivity index (χ0n) is 25.5. The number of benzene rings is 2. The second-order valence-corrected chi connectivity index (χ2v) is 13.1. The van der Waals surface area contributed by atoms with Gasteiger partial charge in [-0.3, -0.25) is 9.59 Å². The van der Waals surface area contributed by atoms with Crippen molar-refractivity contribution >= 4 is 43.8 Å². The van der Waals surface area contributed by atoms with E-state index in [9.17, 15) is 18.0 Å². The minimum absolute atomic E-state index is 0.0209. The van der Waals surface area contributed by atoms with Gasteiger partial charge in [0.1, 0.15) is 0 Å². The molecule has 0 aliphatic carbocycles. The van der Waals surface area contributed by atoms with Gasteiger partial charge in [-0.2, -0.15) is 0 Å². The van der Waals surface area contributed by atoms with E-state index in [1.165, 1.54) is 40.3 Å². The Morgan fingerprint density at radius 3 is 2.02 bits per heavy atom. The average Bonchev–Trinajstić information content (AvgIpc) is 3.49. The second kappa shape index (κ2) is 15.1. The van der Waals surface area contributed by atoms with Gasteiger partial charge in [0.2, 0.25) is 10.0 Å². The quantitative estimate of drug-likeness (QED) is 0.145. The zero-order valence-corrected chi connectivity index (χ0v) is 26.3. The predicted octanol–water partition coefficient (Wildman–Crippen LogP) is 3.43. The Kier molecular flexibility index (Phi) is 11.9. The monoisotopic (exact) mass is 613 g/mol. The summed E-state index contributed by atoms with van der Waals surface area (Å²) in [5, 5.41) is 18.2. The van der Waals surface area contributed by atoms with Crippen molar-refractivity contribution in [1.82, 2.24) is 24.5 Å². The van der Waals surface area contributed by atoms with Crippen LogP contribution in [0.15, 0.2) is 42.6 Å². The summed E-state index contributed by atoms with van der Waals surface area (Å²) in [6.07, 6.45) is 4.24. The number of likely N-dealkylation sites (N-methyl/N-ethyl adjacent to an activating group) is 2. The third-order valence-corrected chi connectivity index (χ3v) is 8.46. The van der Waals surface area contributed by atoms with Crippen LogP contribution in [0.25, 0.3) is 21.8 Å². The van der Waals surface area contributed by atoms with Crippen molar-refractivity contribution in [2.75, 3.05) is 48.3 Å². The van der Waals surface area contributed by atoms with E-state index in [0.29, 0.717) is 0 Å². The van der Waals surface area contributed by atoms with Crippen LogP contribution >= 0.6 is 0 Å². The fourth-order valence-corrected chi connectivity index (χ4v) is 5.57. The topological polar surface area (TPSA) is 159 Å². The van der Waals surface area contributed by atoms with Crippen molar-refractivity contribution in [3.63, 3.8) is 0 Å². The normalized spacial score (nSPS) is 11.8. The lowest BCUT2D eigenvalue weighted by Gasteiger charge is -2.11. The van der Waals surface area contributed by atoms with Crippen LogP contribution in [0.4, 0.5) is 0 Å². The first-order valence-corrected chi connectivity index (χ1v) is 15.8. The molecule has 0 amide bonds. The Bertz CT molecular complexity index is 1640. The molecule has 0 saturated heterocycles. The molecule has 0 atom stereocenters. The summed E-state index contributed by atoms with van der Waals surface area (Å²) in [5.74, 6) is -2.17. The molecule has 5 N–H and O–H groups in total. The highest BCUT2D eigenvalue weighted by Crippen LogP contribution is 2.28. The first-order valence-electron chi connectivity index (χ1n) is 14.1. The Morgan fingerprint density at radius 1 is 0.837 bits per heavy atom. The van der Waals surface area contributed by atoms with Crippen molar-refractivity contribution in [3.8, 4) is 0 Å². The standard InChI is InChI=1S/C27H37N5O2S.C4H6O4/c1-28-35(33,34)18-20-7-9-26-24(15-20)22(11-13-32(4)5)27(30-26)16-19-6-8-25-23(14-19)21(17-29-25)10-12-31(2)3;5-3(6)1-2-4(7)8/h6-9,14-15,17,28-30H,10-13,16,18H2,1-5H3;1-2H2,(H,5,6)(H,7,8). The smallest absolute Gasteiger partial charge is 0.303 e. The van der Waals surface area contributed by atoms with Crippen LogP contribution in [-0.2, 0) is 44.6 Å². The molecule has 2 aromatic carbocycles. The van der Waals surface area contributed by atoms with Gasteiger partial charge < -0.3 is 30.0 Å². The molecular formula is C31H43N5O6S. The van der Waals surface area contributed by atoms with Gasteiger partial charge in [-0.15, -0.1) is 0 Å². The molecule has 4 aromatic rings. The number of nitrogens with one attached hydrogen (secondary N) is 3. The third kappa shape index (κ3) is 10.2. The molecule has 0 bridgehead atoms. The summed E-state index contributed by atoms with van der Waals surface area (Å²) in [6, 6.07) is 12.6. The molecule has 0 fully saturated rings. The third-order valence-electron chi connectivity index (χ3n) is 7.13. The molecule has 2 aromatic heterocycles. The maximum absolute atomic E-state index is 12.1. The number of hydrogen-bond donors (Lipinski definition) is 5. The van der Waals surface area contributed by atoms with E-state index in [-0.39, 0.29) is 18.6 Å². The SMILES string of the molecule is CNS(=O)(=O)Cc1ccc2[nH]c(Cc3ccc4[nH]cc(CCN(C)C)c4c3)c(CCN(C)C)c2c1.O=C(O)CCC(=O)O. The lowest BCUT2D eigenvalue weighted by atomic mass is 9.99. The van der Waals surface area contributed by atoms with Crippen LogP contribution < -0.4 is 4.72 Å². The first-order chi connectivity index (χ1) is 20.3. The van der Waals surface area contributed by atoms with Crippen molar-refractivity contribution < 1.29 is 28.2 Å². The molecule has 43 heavy (non-hydrogen) atoms. The second-order valence-electron chi connectivity index (χ2n) is 11.2. The number of carboxylic acid groups (broad SMARTS) is 2. The number of aromatic amines is 2. The van der Waals surface area contributed by atoms with Crippen molar-refractivity contribution in [3.05, 3.63) is 70.5 Å². The molecule has 0 radical (unpaired) electrons. The molecular weight excluding hydrogens is 570 g/mol. The van der Waals surface area contributed by atoms with Crippen molar-refractivity contribution in [2.45, 2.75) is 37.9 Å². The molecule has 0 aliphatic heterocycles. The minimum atomic E-state index is -3.33. The van der Waals surface area contributed by atoms with Gasteiger partial charge in [0.05, 0.1) is 18.6 Å². The number of aliphatic carboxylic acids is 2. The van der Waals surface area contributed by atoms with Crippen molar-refractivity contribution in [1.29, 1.82) is 0 Å². The Balaban J connectivity index is 0.000000557. The molecule has 234 valence electrons. The van der Waals surface area contributed by atoms with Crippen LogP contribution in [0, 0.1) is 0 Å². The predicted molar refractivity (Wildman–Crippen MR) is 170 cm³/mol. The number of aromatic nitrogens is 2. The van der Waals surface area contributed by atoms with E-state index in [0.717, 1.165) is 48.8 Å². The highest BCUT2D eigenvalue weighted by atomic mass is 32.2. The van der Waals surface area contributed by atoms with Crippen LogP contribution in [-0.4, -0.2) is 98.7 Å². The minimum Gasteiger partial charge on any atom is -0.481 e. The molecule has 11 nitrogen and oxygen atoms in total. The van der Waals surface area contributed by atoms with Gasteiger partial charge in [0, 0.05) is 53.2 Å². The maximum Gasteiger partial charge on any atom is 0.303 e. The van der Waals surface area contributed by atoms with Gasteiger partial charge in [-0.25, -0.2) is 13.1 Å². The number of rotatable bonds is 14. The van der Waals surface area contributed by atoms with Gasteiger partial charge in [-0.05, 0) is 94.6 Å². The van der Waals surface area contributed by atoms with Gasteiger partial charge in [0.15, 0.2) is 0 Å². The van der Waals surface area contributed by atoms with Gasteiger partial charge in [-0.1, -0.05) is 12.1 Å². The zero-order chi connectivity index (χ0) is 31.7. The average molecular weight is 614 g/mol. The fourth-order valence-electron chi connectivity index (χ4n) is 4.81. The van der Waals surface area contributed by atoms with E-state index in [1.807, 2.05) is 18.2 Å². The summed E-state index contributed by atoms with van der Waals surface area (Å²) in [6.45, 7) is 1.93. The van der Waals surface area contributed by atoms with Crippen molar-refractivity contribution in [2.24, 2.45) is 0 Å². The lowest BCUT2D eigenvalue weighted by molar-refractivity contribution is -0.143. The molecule has 0 saturated carbocycles. The van der Waals surface area contributed by atoms with Crippen LogP contribution in [0.3, 0.4) is 0 Å². The summed E-state index contributed by atoms with van der Waals surface area (Å²) >= 11 is 0. The maximum atomic E-state index is 12.1. The number of sulfonamides is 1. The lowest BCUT2D eigenvalue weighted by Crippen LogP contribution is -2.20. The largest absolute Gasteiger partial charge is 0.481 e. The molecule has 2 heterocycles. The van der Waals surface area contributed by atoms with E-state index in [1.54, 1.807) is 0 Å². The molecule has 4 rings (SSSR count). The van der Waals surface area contributed by atoms with Crippen LogP contribution in [0.1, 0.15) is 40.8 Å². The number of carboxylic acids is 2. The summed E-state index contributed by atoms with van der Waals surface area (Å²) in [7, 11) is 6.49. The summed E-state index contributed by atoms with van der Waals surface area (Å²) in [5.41, 5.74) is 8.08. The van der Waals surface area contributed by atoms with E-state index in [2.05, 4.69) is 77.1 Å². The van der Waals surface area contributed by atoms with E-state index < -0.39 is 22.0 Å². The van der Waals surface area contributed by atoms with E-state index >= 15 is 0 Å². The summed E-state index contributed by atoms with van der Waals surface area (Å²) < 4.78 is 26.6. The molecule has 12 heteroatoms. The number of carbonyl (C=O) groups is 2. The van der Waals surface area contributed by atoms with Crippen LogP contribution in [0.2, 0.25) is 0 Å². The van der Waals surface area contributed by atoms with Gasteiger partial charge >= 0.3 is 11.9 Å². The molecule has 0 unspecified atom stereocenters. The molecule has 0 spiro atoms. The van der Waals surface area contributed by atoms with Crippen LogP contribution in [0.5, 0.6) is 0 Å². The Hall–Kier alpha value is -3.71. The Morgan fingerprint density at radius 2 is 1.42 bits per heavy atom. The number of hydrogen-bond acceptors (Lipinski definition) is 6. The number of nitrogens with zero attached hydrogens (tertiary/aromatic N) is 2. The van der Waals surface area contributed by atoms with Gasteiger partial charge in [0.25, 0.3) is 0 Å².